The van der Waals surface area contributed by atoms with Crippen molar-refractivity contribution in [3.8, 4) is 0 Å². The van der Waals surface area contributed by atoms with Gasteiger partial charge in [0.1, 0.15) is 0 Å². The quantitative estimate of drug-likeness (QED) is 0.614. The highest BCUT2D eigenvalue weighted by molar-refractivity contribution is 7.10. The molecule has 0 aromatic carbocycles. The highest BCUT2D eigenvalue weighted by Crippen LogP contribution is 2.18. The summed E-state index contributed by atoms with van der Waals surface area (Å²) in [5.41, 5.74) is 10.8. The van der Waals surface area contributed by atoms with Crippen molar-refractivity contribution in [2.24, 2.45) is 5.73 Å². The van der Waals surface area contributed by atoms with Crippen LogP contribution in [0.15, 0.2) is 17.5 Å². The first-order valence-electron chi connectivity index (χ1n) is 3.98. The Hall–Kier alpha value is -0.910. The van der Waals surface area contributed by atoms with E-state index in [4.69, 9.17) is 5.73 Å². The lowest BCUT2D eigenvalue weighted by Crippen LogP contribution is -2.35. The predicted molar refractivity (Wildman–Crippen MR) is 53.1 cm³/mol. The van der Waals surface area contributed by atoms with E-state index in [1.807, 2.05) is 17.5 Å². The zero-order valence-electron chi connectivity index (χ0n) is 7.41. The molecule has 0 aliphatic heterocycles. The third-order valence-electron chi connectivity index (χ3n) is 1.58. The van der Waals surface area contributed by atoms with Crippen molar-refractivity contribution in [1.29, 1.82) is 0 Å². The van der Waals surface area contributed by atoms with E-state index in [0.29, 0.717) is 6.42 Å². The van der Waals surface area contributed by atoms with Crippen molar-refractivity contribution in [2.45, 2.75) is 12.5 Å². The summed E-state index contributed by atoms with van der Waals surface area (Å²) in [6, 6.07) is 3.66. The average molecular weight is 199 g/mol. The molecule has 1 rings (SSSR count). The number of carbonyl (C=O) groups excluding carboxylic acids is 1. The molecule has 1 unspecified atom stereocenters. The molecule has 0 radical (unpaired) electrons. The van der Waals surface area contributed by atoms with Crippen LogP contribution in [0.3, 0.4) is 0 Å². The predicted octanol–water partition coefficient (Wildman–Crippen LogP) is 0.389. The molecule has 13 heavy (non-hydrogen) atoms. The lowest BCUT2D eigenvalue weighted by molar-refractivity contribution is -0.122. The number of nitrogens with two attached hydrogens (primary N) is 1. The molecule has 4 N–H and O–H groups in total. The van der Waals surface area contributed by atoms with Gasteiger partial charge in [-0.15, -0.1) is 11.3 Å². The van der Waals surface area contributed by atoms with Crippen LogP contribution in [0.5, 0.6) is 0 Å². The van der Waals surface area contributed by atoms with Gasteiger partial charge in [-0.05, 0) is 11.4 Å². The van der Waals surface area contributed by atoms with Crippen LogP contribution in [0.25, 0.3) is 0 Å². The third kappa shape index (κ3) is 3.14. The highest BCUT2D eigenvalue weighted by atomic mass is 32.1. The zero-order valence-corrected chi connectivity index (χ0v) is 8.23. The van der Waals surface area contributed by atoms with Crippen LogP contribution in [0.4, 0.5) is 0 Å². The summed E-state index contributed by atoms with van der Waals surface area (Å²) >= 11 is 1.57. The van der Waals surface area contributed by atoms with Gasteiger partial charge in [-0.3, -0.25) is 10.2 Å². The number of carbonyl (C=O) groups is 1. The molecule has 0 spiro atoms. The highest BCUT2D eigenvalue weighted by Gasteiger charge is 2.11. The molecular weight excluding hydrogens is 186 g/mol. The molecule has 0 saturated carbocycles. The van der Waals surface area contributed by atoms with Crippen molar-refractivity contribution >= 4 is 17.2 Å². The van der Waals surface area contributed by atoms with Crippen LogP contribution in [0, 0.1) is 0 Å². The number of rotatable bonds is 4. The molecule has 0 aliphatic carbocycles. The smallest absolute Gasteiger partial charge is 0.236 e. The van der Waals surface area contributed by atoms with Crippen LogP contribution in [0.2, 0.25) is 0 Å². The molecule has 1 atom stereocenters. The van der Waals surface area contributed by atoms with Gasteiger partial charge >= 0.3 is 0 Å². The van der Waals surface area contributed by atoms with Crippen LogP contribution in [-0.2, 0) is 4.79 Å². The summed E-state index contributed by atoms with van der Waals surface area (Å²) in [7, 11) is 1.65. The molecule has 1 heterocycles. The number of nitrogens with one attached hydrogen (secondary N) is 2. The fourth-order valence-electron chi connectivity index (χ4n) is 0.993. The van der Waals surface area contributed by atoms with Crippen molar-refractivity contribution < 1.29 is 4.79 Å². The van der Waals surface area contributed by atoms with Crippen LogP contribution in [-0.4, -0.2) is 13.0 Å². The second-order valence-corrected chi connectivity index (χ2v) is 3.60. The van der Waals surface area contributed by atoms with Gasteiger partial charge < -0.3 is 5.73 Å². The number of hydrazine groups is 1. The van der Waals surface area contributed by atoms with E-state index in [1.165, 1.54) is 0 Å². The summed E-state index contributed by atoms with van der Waals surface area (Å²) in [5.74, 6) is -0.0941. The maximum Gasteiger partial charge on any atom is 0.236 e. The van der Waals surface area contributed by atoms with E-state index >= 15 is 0 Å². The fraction of sp³-hybridized carbons (Fsp3) is 0.375. The minimum Gasteiger partial charge on any atom is -0.323 e. The standard InChI is InChI=1S/C8H13N3OS/c1-10-11-8(12)5-6(9)7-3-2-4-13-7/h2-4,6,10H,5,9H2,1H3,(H,11,12). The van der Waals surface area contributed by atoms with Crippen molar-refractivity contribution in [3.63, 3.8) is 0 Å². The molecule has 1 aromatic heterocycles. The summed E-state index contributed by atoms with van der Waals surface area (Å²) in [4.78, 5) is 12.1. The van der Waals surface area contributed by atoms with E-state index in [1.54, 1.807) is 18.4 Å². The first-order chi connectivity index (χ1) is 6.24. The molecule has 4 nitrogen and oxygen atoms in total. The van der Waals surface area contributed by atoms with Gasteiger partial charge in [-0.2, -0.15) is 0 Å². The molecular formula is C8H13N3OS. The summed E-state index contributed by atoms with van der Waals surface area (Å²) in [5, 5.41) is 1.95. The Balaban J connectivity index is 2.42. The van der Waals surface area contributed by atoms with Gasteiger partial charge in [0.15, 0.2) is 0 Å². The maximum atomic E-state index is 11.1. The fourth-order valence-corrected chi connectivity index (χ4v) is 1.72. The van der Waals surface area contributed by atoms with Gasteiger partial charge in [-0.25, -0.2) is 5.43 Å². The van der Waals surface area contributed by atoms with Crippen LogP contribution >= 0.6 is 11.3 Å². The molecule has 0 saturated heterocycles. The summed E-state index contributed by atoms with van der Waals surface area (Å²) in [6.45, 7) is 0. The topological polar surface area (TPSA) is 67.1 Å². The molecule has 1 aromatic rings. The first-order valence-corrected chi connectivity index (χ1v) is 4.86. The lowest BCUT2D eigenvalue weighted by atomic mass is 10.2. The number of hydrogen-bond acceptors (Lipinski definition) is 4. The largest absolute Gasteiger partial charge is 0.323 e. The number of thiophene rings is 1. The Morgan fingerprint density at radius 3 is 3.08 bits per heavy atom. The van der Waals surface area contributed by atoms with E-state index in [2.05, 4.69) is 10.9 Å². The van der Waals surface area contributed by atoms with Gasteiger partial charge in [-0.1, -0.05) is 6.07 Å². The average Bonchev–Trinajstić information content (AvgIpc) is 2.55. The second-order valence-electron chi connectivity index (χ2n) is 2.62. The molecule has 5 heteroatoms. The maximum absolute atomic E-state index is 11.1. The SMILES string of the molecule is CNNC(=O)CC(N)c1cccs1. The van der Waals surface area contributed by atoms with Crippen molar-refractivity contribution in [2.75, 3.05) is 7.05 Å². The van der Waals surface area contributed by atoms with Gasteiger partial charge in [0, 0.05) is 24.4 Å². The first kappa shape index (κ1) is 10.2. The van der Waals surface area contributed by atoms with E-state index in [9.17, 15) is 4.79 Å². The molecule has 0 aliphatic rings. The monoisotopic (exact) mass is 199 g/mol. The van der Waals surface area contributed by atoms with Gasteiger partial charge in [0.05, 0.1) is 0 Å². The molecule has 1 amide bonds. The van der Waals surface area contributed by atoms with Gasteiger partial charge in [0.2, 0.25) is 5.91 Å². The zero-order chi connectivity index (χ0) is 9.68. The Kier molecular flexibility index (Phi) is 3.88. The summed E-state index contributed by atoms with van der Waals surface area (Å²) in [6.07, 6.45) is 0.307. The Labute approximate surface area is 81.1 Å². The van der Waals surface area contributed by atoms with Crippen LogP contribution in [0.1, 0.15) is 17.3 Å². The van der Waals surface area contributed by atoms with Crippen molar-refractivity contribution in [3.05, 3.63) is 22.4 Å². The molecule has 0 bridgehead atoms. The number of amides is 1. The van der Waals surface area contributed by atoms with Gasteiger partial charge in [0.25, 0.3) is 0 Å². The third-order valence-corrected chi connectivity index (χ3v) is 2.58. The normalized spacial score (nSPS) is 12.5. The van der Waals surface area contributed by atoms with E-state index in [-0.39, 0.29) is 11.9 Å². The van der Waals surface area contributed by atoms with Crippen molar-refractivity contribution in [1.82, 2.24) is 10.9 Å². The summed E-state index contributed by atoms with van der Waals surface area (Å²) < 4.78 is 0. The second kappa shape index (κ2) is 4.96. The van der Waals surface area contributed by atoms with E-state index < -0.39 is 0 Å². The van der Waals surface area contributed by atoms with E-state index in [0.717, 1.165) is 4.88 Å². The van der Waals surface area contributed by atoms with Crippen LogP contribution < -0.4 is 16.6 Å². The molecule has 72 valence electrons. The molecule has 0 fully saturated rings. The Morgan fingerprint density at radius 1 is 1.77 bits per heavy atom. The Morgan fingerprint density at radius 2 is 2.54 bits per heavy atom. The minimum absolute atomic E-state index is 0.0941. The Bertz CT molecular complexity index is 260. The number of hydrogen-bond donors (Lipinski definition) is 3. The lowest BCUT2D eigenvalue weighted by Gasteiger charge is -2.08. The minimum atomic E-state index is -0.201.